The van der Waals surface area contributed by atoms with Crippen molar-refractivity contribution < 1.29 is 42.1 Å². The molecule has 3 aliphatic heterocycles. The summed E-state index contributed by atoms with van der Waals surface area (Å²) in [5.74, 6) is -3.37. The van der Waals surface area contributed by atoms with E-state index in [1.54, 1.807) is 4.90 Å². The number of carbonyl (C=O) groups excluding carboxylic acids is 3. The number of benzene rings is 1. The quantitative estimate of drug-likeness (QED) is 0.274. The van der Waals surface area contributed by atoms with Crippen LogP contribution in [0.15, 0.2) is 29.2 Å². The van der Waals surface area contributed by atoms with Gasteiger partial charge in [-0.05, 0) is 18.9 Å². The van der Waals surface area contributed by atoms with Crippen LogP contribution in [0.3, 0.4) is 0 Å². The Balaban J connectivity index is 1.41. The second-order valence-electron chi connectivity index (χ2n) is 9.59. The summed E-state index contributed by atoms with van der Waals surface area (Å²) in [6.45, 7) is 0.617. The fourth-order valence-electron chi connectivity index (χ4n) is 5.33. The zero-order valence-corrected chi connectivity index (χ0v) is 21.7. The van der Waals surface area contributed by atoms with Gasteiger partial charge in [-0.3, -0.25) is 19.3 Å². The van der Waals surface area contributed by atoms with Crippen LogP contribution < -0.4 is 15.5 Å². The lowest BCUT2D eigenvalue weighted by molar-refractivity contribution is -0.00535. The Morgan fingerprint density at radius 3 is 2.73 bits per heavy atom. The standard InChI is InChI=1S/C26H28F2N4O8/c1-37-7-8-38-26(36)40-14-39-23-21-25(35)32-11-17-3-2-6-31(17)20(32)13-30(21)12-18(22(23)33)24(34)29-10-15-4-5-16(27)9-19(15)28/h4-5,9,12,17,20H,2-3,6-8,10-11,13-14H2,1H3,(H,29,34)/t17-,20+/m1/s1. The van der Waals surface area contributed by atoms with E-state index in [9.17, 15) is 28.0 Å². The summed E-state index contributed by atoms with van der Waals surface area (Å²) in [4.78, 5) is 55.8. The molecule has 2 aromatic rings. The van der Waals surface area contributed by atoms with Gasteiger partial charge in [-0.25, -0.2) is 13.6 Å². The molecule has 0 saturated carbocycles. The number of amides is 2. The van der Waals surface area contributed by atoms with Crippen LogP contribution in [0.5, 0.6) is 5.75 Å². The van der Waals surface area contributed by atoms with Crippen molar-refractivity contribution in [3.05, 3.63) is 63.1 Å². The maximum absolute atomic E-state index is 14.1. The normalized spacial score (nSPS) is 19.6. The van der Waals surface area contributed by atoms with Crippen molar-refractivity contribution in [2.24, 2.45) is 0 Å². The number of rotatable bonds is 9. The zero-order chi connectivity index (χ0) is 28.4. The van der Waals surface area contributed by atoms with Crippen molar-refractivity contribution in [3.63, 3.8) is 0 Å². The molecule has 1 aromatic heterocycles. The molecule has 0 spiro atoms. The van der Waals surface area contributed by atoms with Crippen LogP contribution in [0.1, 0.15) is 39.3 Å². The molecule has 5 rings (SSSR count). The van der Waals surface area contributed by atoms with Gasteiger partial charge < -0.3 is 33.7 Å². The topological polar surface area (TPSA) is 129 Å². The third-order valence-corrected chi connectivity index (χ3v) is 7.22. The smallest absolute Gasteiger partial charge is 0.451 e. The summed E-state index contributed by atoms with van der Waals surface area (Å²) in [5, 5.41) is 2.45. The average Bonchev–Trinajstić information content (AvgIpc) is 3.52. The van der Waals surface area contributed by atoms with E-state index in [0.717, 1.165) is 25.5 Å². The Hall–Kier alpha value is -4.04. The van der Waals surface area contributed by atoms with E-state index in [1.165, 1.54) is 23.9 Å². The SMILES string of the molecule is COCCOC(=O)OCOc1c2n(cc(C(=O)NCc3ccc(F)cc3F)c1=O)C[C@@H]1N(C[C@H]3CCCN31)C2=O. The van der Waals surface area contributed by atoms with E-state index in [-0.39, 0.29) is 55.3 Å². The van der Waals surface area contributed by atoms with Crippen LogP contribution >= 0.6 is 0 Å². The number of methoxy groups -OCH3 is 1. The lowest BCUT2D eigenvalue weighted by Gasteiger charge is -2.36. The molecule has 214 valence electrons. The molecule has 2 atom stereocenters. The average molecular weight is 563 g/mol. The van der Waals surface area contributed by atoms with Crippen LogP contribution in [-0.2, 0) is 27.3 Å². The number of nitrogens with one attached hydrogen (secondary N) is 1. The number of hydrogen-bond donors (Lipinski definition) is 1. The number of hydrogen-bond acceptors (Lipinski definition) is 9. The predicted octanol–water partition coefficient (Wildman–Crippen LogP) is 1.45. The molecule has 0 bridgehead atoms. The second-order valence-corrected chi connectivity index (χ2v) is 9.59. The molecule has 1 aromatic carbocycles. The molecule has 3 aliphatic rings. The minimum atomic E-state index is -1.08. The van der Waals surface area contributed by atoms with E-state index < -0.39 is 47.6 Å². The van der Waals surface area contributed by atoms with Gasteiger partial charge in [0.2, 0.25) is 18.0 Å². The first kappa shape index (κ1) is 27.5. The Kier molecular flexibility index (Phi) is 7.98. The molecule has 2 amide bonds. The van der Waals surface area contributed by atoms with Crippen LogP contribution in [0.25, 0.3) is 0 Å². The molecule has 1 N–H and O–H groups in total. The monoisotopic (exact) mass is 562 g/mol. The predicted molar refractivity (Wildman–Crippen MR) is 133 cm³/mol. The first-order valence-electron chi connectivity index (χ1n) is 12.8. The van der Waals surface area contributed by atoms with Gasteiger partial charge in [0.1, 0.15) is 30.0 Å². The molecule has 2 saturated heterocycles. The third kappa shape index (κ3) is 5.36. The zero-order valence-electron chi connectivity index (χ0n) is 21.7. The van der Waals surface area contributed by atoms with Crippen LogP contribution in [0, 0.1) is 11.6 Å². The number of fused-ring (bicyclic) bond motifs is 4. The first-order chi connectivity index (χ1) is 19.3. The minimum Gasteiger partial charge on any atom is -0.451 e. The number of pyridine rings is 1. The van der Waals surface area contributed by atoms with E-state index in [0.29, 0.717) is 12.6 Å². The van der Waals surface area contributed by atoms with Crippen LogP contribution in [0.4, 0.5) is 13.6 Å². The molecule has 0 aliphatic carbocycles. The van der Waals surface area contributed by atoms with Gasteiger partial charge in [-0.15, -0.1) is 0 Å². The van der Waals surface area contributed by atoms with Crippen molar-refractivity contribution in [1.29, 1.82) is 0 Å². The highest BCUT2D eigenvalue weighted by Crippen LogP contribution is 2.35. The van der Waals surface area contributed by atoms with Gasteiger partial charge in [0, 0.05) is 50.6 Å². The number of nitrogens with zero attached hydrogens (tertiary/aromatic N) is 3. The molecular formula is C26H28F2N4O8. The molecule has 4 heterocycles. The molecule has 0 unspecified atom stereocenters. The maximum Gasteiger partial charge on any atom is 0.511 e. The third-order valence-electron chi connectivity index (χ3n) is 7.22. The maximum atomic E-state index is 14.1. The molecule has 0 radical (unpaired) electrons. The highest BCUT2D eigenvalue weighted by Gasteiger charge is 2.48. The van der Waals surface area contributed by atoms with Crippen molar-refractivity contribution >= 4 is 18.0 Å². The summed E-state index contributed by atoms with van der Waals surface area (Å²) in [5.41, 5.74) is -1.33. The molecule has 12 nitrogen and oxygen atoms in total. The lowest BCUT2D eigenvalue weighted by atomic mass is 10.1. The Labute approximate surface area is 227 Å². The summed E-state index contributed by atoms with van der Waals surface area (Å²) in [6.07, 6.45) is 1.91. The fourth-order valence-corrected chi connectivity index (χ4v) is 5.33. The summed E-state index contributed by atoms with van der Waals surface area (Å²) in [7, 11) is 1.43. The number of aromatic nitrogens is 1. The van der Waals surface area contributed by atoms with Gasteiger partial charge in [-0.2, -0.15) is 0 Å². The summed E-state index contributed by atoms with van der Waals surface area (Å²) < 4.78 is 48.7. The van der Waals surface area contributed by atoms with Crippen LogP contribution in [-0.4, -0.2) is 84.8 Å². The highest BCUT2D eigenvalue weighted by molar-refractivity contribution is 5.99. The summed E-state index contributed by atoms with van der Waals surface area (Å²) in [6, 6.07) is 3.13. The largest absolute Gasteiger partial charge is 0.511 e. The van der Waals surface area contributed by atoms with Crippen molar-refractivity contribution in [3.8, 4) is 5.75 Å². The Bertz CT molecular complexity index is 1380. The Morgan fingerprint density at radius 1 is 1.12 bits per heavy atom. The number of carbonyl (C=O) groups is 3. The molecular weight excluding hydrogens is 534 g/mol. The van der Waals surface area contributed by atoms with Gasteiger partial charge in [0.15, 0.2) is 5.69 Å². The van der Waals surface area contributed by atoms with Gasteiger partial charge in [0.25, 0.3) is 11.8 Å². The highest BCUT2D eigenvalue weighted by atomic mass is 19.1. The molecule has 2 fully saturated rings. The van der Waals surface area contributed by atoms with Gasteiger partial charge >= 0.3 is 6.16 Å². The fraction of sp³-hybridized carbons (Fsp3) is 0.462. The second kappa shape index (κ2) is 11.6. The van der Waals surface area contributed by atoms with Crippen molar-refractivity contribution in [1.82, 2.24) is 19.7 Å². The van der Waals surface area contributed by atoms with Gasteiger partial charge in [-0.1, -0.05) is 6.07 Å². The van der Waals surface area contributed by atoms with E-state index in [1.807, 2.05) is 0 Å². The number of ether oxygens (including phenoxy) is 4. The van der Waals surface area contributed by atoms with Crippen molar-refractivity contribution in [2.45, 2.75) is 38.1 Å². The first-order valence-corrected chi connectivity index (χ1v) is 12.8. The van der Waals surface area contributed by atoms with Gasteiger partial charge in [0.05, 0.1) is 13.2 Å². The van der Waals surface area contributed by atoms with E-state index >= 15 is 0 Å². The van der Waals surface area contributed by atoms with E-state index in [2.05, 4.69) is 10.2 Å². The lowest BCUT2D eigenvalue weighted by Crippen LogP contribution is -2.50. The van der Waals surface area contributed by atoms with Crippen LogP contribution in [0.2, 0.25) is 0 Å². The van der Waals surface area contributed by atoms with Crippen molar-refractivity contribution in [2.75, 3.05) is 40.2 Å². The van der Waals surface area contributed by atoms with E-state index in [4.69, 9.17) is 18.9 Å². The number of halogens is 2. The minimum absolute atomic E-state index is 0.0153. The molecule has 14 heteroatoms. The summed E-state index contributed by atoms with van der Waals surface area (Å²) >= 11 is 0. The Morgan fingerprint density at radius 2 is 1.95 bits per heavy atom. The molecule has 40 heavy (non-hydrogen) atoms.